The minimum Gasteiger partial charge on any atom is -0.497 e. The fourth-order valence-corrected chi connectivity index (χ4v) is 4.10. The number of hydrogen-bond acceptors (Lipinski definition) is 4. The number of ether oxygens (including phenoxy) is 1. The van der Waals surface area contributed by atoms with Crippen molar-refractivity contribution in [3.05, 3.63) is 29.8 Å². The van der Waals surface area contributed by atoms with Gasteiger partial charge in [-0.05, 0) is 42.9 Å². The van der Waals surface area contributed by atoms with Gasteiger partial charge in [-0.3, -0.25) is 4.99 Å². The van der Waals surface area contributed by atoms with Crippen LogP contribution < -0.4 is 15.4 Å². The van der Waals surface area contributed by atoms with E-state index >= 15 is 0 Å². The van der Waals surface area contributed by atoms with Crippen LogP contribution in [0.15, 0.2) is 29.3 Å². The first-order valence-electron chi connectivity index (χ1n) is 9.31. The lowest BCUT2D eigenvalue weighted by Crippen LogP contribution is -2.47. The van der Waals surface area contributed by atoms with Crippen molar-refractivity contribution in [2.24, 2.45) is 10.9 Å². The van der Waals surface area contributed by atoms with Crippen LogP contribution in [-0.2, 0) is 16.4 Å². The van der Waals surface area contributed by atoms with Crippen molar-refractivity contribution in [2.45, 2.75) is 24.8 Å². The molecule has 2 rings (SSSR count). The Kier molecular flexibility index (Phi) is 10.6. The lowest BCUT2D eigenvalue weighted by atomic mass is 9.98. The summed E-state index contributed by atoms with van der Waals surface area (Å²) in [5.41, 5.74) is -4.13. The Balaban J connectivity index is 0.00000450. The number of rotatable bonds is 7. The molecule has 0 atom stereocenters. The largest absolute Gasteiger partial charge is 0.511 e. The molecule has 12 heteroatoms. The smallest absolute Gasteiger partial charge is 0.497 e. The number of nitrogens with zero attached hydrogens (tertiary/aromatic N) is 2. The SMILES string of the molecule is CN=C(NCCc1cccc(OC)c1)NCC1CCN(S(=O)(=O)C(F)(F)F)CC1.I. The van der Waals surface area contributed by atoms with E-state index in [-0.39, 0.29) is 43.0 Å². The van der Waals surface area contributed by atoms with Crippen LogP contribution in [0.4, 0.5) is 13.2 Å². The van der Waals surface area contributed by atoms with Crippen molar-refractivity contribution in [3.8, 4) is 5.75 Å². The van der Waals surface area contributed by atoms with Gasteiger partial charge in [0.2, 0.25) is 0 Å². The molecule has 0 bridgehead atoms. The van der Waals surface area contributed by atoms with E-state index < -0.39 is 15.5 Å². The van der Waals surface area contributed by atoms with Gasteiger partial charge in [0.05, 0.1) is 7.11 Å². The van der Waals surface area contributed by atoms with Gasteiger partial charge in [0.15, 0.2) is 5.96 Å². The van der Waals surface area contributed by atoms with Crippen LogP contribution in [0, 0.1) is 5.92 Å². The van der Waals surface area contributed by atoms with Crippen LogP contribution in [-0.4, -0.2) is 64.5 Å². The number of halogens is 4. The van der Waals surface area contributed by atoms with Crippen molar-refractivity contribution in [3.63, 3.8) is 0 Å². The molecule has 1 aliphatic rings. The molecule has 2 N–H and O–H groups in total. The zero-order chi connectivity index (χ0) is 21.5. The van der Waals surface area contributed by atoms with Gasteiger partial charge in [0.1, 0.15) is 5.75 Å². The van der Waals surface area contributed by atoms with Gasteiger partial charge >= 0.3 is 15.5 Å². The molecule has 1 aliphatic heterocycles. The van der Waals surface area contributed by atoms with Crippen LogP contribution >= 0.6 is 24.0 Å². The molecule has 0 radical (unpaired) electrons. The Morgan fingerprint density at radius 3 is 2.50 bits per heavy atom. The van der Waals surface area contributed by atoms with Gasteiger partial charge in [0.25, 0.3) is 0 Å². The molecule has 172 valence electrons. The molecule has 30 heavy (non-hydrogen) atoms. The summed E-state index contributed by atoms with van der Waals surface area (Å²) in [6.45, 7) is 0.903. The number of hydrogen-bond donors (Lipinski definition) is 2. The van der Waals surface area contributed by atoms with Crippen LogP contribution in [0.3, 0.4) is 0 Å². The van der Waals surface area contributed by atoms with Crippen molar-refractivity contribution in [1.29, 1.82) is 0 Å². The second kappa shape index (κ2) is 11.9. The second-order valence-corrected chi connectivity index (χ2v) is 8.70. The monoisotopic (exact) mass is 564 g/mol. The topological polar surface area (TPSA) is 83.0 Å². The van der Waals surface area contributed by atoms with Crippen LogP contribution in [0.25, 0.3) is 0 Å². The number of sulfonamides is 1. The number of alkyl halides is 3. The third-order valence-electron chi connectivity index (χ3n) is 4.83. The Labute approximate surface area is 192 Å². The Hall–Kier alpha value is -1.28. The number of nitrogens with one attached hydrogen (secondary N) is 2. The minimum atomic E-state index is -5.24. The van der Waals surface area contributed by atoms with Crippen LogP contribution in [0.2, 0.25) is 0 Å². The standard InChI is InChI=1S/C18H27F3N4O3S.HI/c1-22-17(23-9-6-14-4-3-5-16(12-14)28-2)24-13-15-7-10-25(11-8-15)29(26,27)18(19,20)21;/h3-5,12,15H,6-11,13H2,1-2H3,(H2,22,23,24);1H. The highest BCUT2D eigenvalue weighted by atomic mass is 127. The van der Waals surface area contributed by atoms with E-state index in [1.54, 1.807) is 14.2 Å². The van der Waals surface area contributed by atoms with E-state index in [0.717, 1.165) is 17.7 Å². The molecule has 0 unspecified atom stereocenters. The van der Waals surface area contributed by atoms with E-state index in [1.165, 1.54) is 0 Å². The van der Waals surface area contributed by atoms with E-state index in [9.17, 15) is 21.6 Å². The number of benzene rings is 1. The van der Waals surface area contributed by atoms with E-state index in [4.69, 9.17) is 4.74 Å². The van der Waals surface area contributed by atoms with Gasteiger partial charge in [-0.1, -0.05) is 12.1 Å². The highest BCUT2D eigenvalue weighted by Crippen LogP contribution is 2.30. The summed E-state index contributed by atoms with van der Waals surface area (Å²) in [5.74, 6) is 1.47. The van der Waals surface area contributed by atoms with Crippen LogP contribution in [0.1, 0.15) is 18.4 Å². The first kappa shape index (κ1) is 26.8. The maximum absolute atomic E-state index is 12.6. The molecule has 0 saturated carbocycles. The second-order valence-electron chi connectivity index (χ2n) is 6.77. The third kappa shape index (κ3) is 7.45. The average Bonchev–Trinajstić information content (AvgIpc) is 2.70. The molecule has 0 aromatic heterocycles. The first-order chi connectivity index (χ1) is 13.7. The van der Waals surface area contributed by atoms with E-state index in [0.29, 0.717) is 36.2 Å². The summed E-state index contributed by atoms with van der Waals surface area (Å²) in [5, 5.41) is 6.35. The molecule has 1 heterocycles. The molecule has 0 aliphatic carbocycles. The quantitative estimate of drug-likeness (QED) is 0.303. The summed E-state index contributed by atoms with van der Waals surface area (Å²) < 4.78 is 66.5. The normalized spacial score (nSPS) is 16.6. The predicted octanol–water partition coefficient (Wildman–Crippen LogP) is 2.58. The minimum absolute atomic E-state index is 0. The fourth-order valence-electron chi connectivity index (χ4n) is 3.11. The number of piperidine rings is 1. The highest BCUT2D eigenvalue weighted by Gasteiger charge is 2.50. The third-order valence-corrected chi connectivity index (χ3v) is 6.46. The first-order valence-corrected chi connectivity index (χ1v) is 10.7. The van der Waals surface area contributed by atoms with Crippen molar-refractivity contribution >= 4 is 40.0 Å². The lowest BCUT2D eigenvalue weighted by molar-refractivity contribution is -0.0496. The maximum atomic E-state index is 12.6. The van der Waals surface area contributed by atoms with Crippen molar-refractivity contribution < 1.29 is 26.3 Å². The summed E-state index contributed by atoms with van der Waals surface area (Å²) in [7, 11) is -1.98. The molecule has 1 fully saturated rings. The van der Waals surface area contributed by atoms with Gasteiger partial charge in [0, 0.05) is 33.2 Å². The highest BCUT2D eigenvalue weighted by molar-refractivity contribution is 14.0. The van der Waals surface area contributed by atoms with Gasteiger partial charge in [-0.15, -0.1) is 24.0 Å². The maximum Gasteiger partial charge on any atom is 0.511 e. The Bertz CT molecular complexity index is 798. The zero-order valence-electron chi connectivity index (χ0n) is 16.9. The van der Waals surface area contributed by atoms with Crippen molar-refractivity contribution in [1.82, 2.24) is 14.9 Å². The summed E-state index contributed by atoms with van der Waals surface area (Å²) in [6, 6.07) is 7.76. The molecule has 1 aromatic rings. The van der Waals surface area contributed by atoms with E-state index in [1.807, 2.05) is 24.3 Å². The molecule has 0 amide bonds. The fraction of sp³-hybridized carbons (Fsp3) is 0.611. The van der Waals surface area contributed by atoms with E-state index in [2.05, 4.69) is 15.6 Å². The average molecular weight is 564 g/mol. The molecular weight excluding hydrogens is 536 g/mol. The predicted molar refractivity (Wildman–Crippen MR) is 121 cm³/mol. The summed E-state index contributed by atoms with van der Waals surface area (Å²) in [4.78, 5) is 4.14. The van der Waals surface area contributed by atoms with Gasteiger partial charge in [-0.2, -0.15) is 17.5 Å². The summed E-state index contributed by atoms with van der Waals surface area (Å²) >= 11 is 0. The lowest BCUT2D eigenvalue weighted by Gasteiger charge is -2.31. The Morgan fingerprint density at radius 2 is 1.93 bits per heavy atom. The van der Waals surface area contributed by atoms with Gasteiger partial charge < -0.3 is 15.4 Å². The number of guanidine groups is 1. The number of aliphatic imine (C=N–C) groups is 1. The molecule has 1 aromatic carbocycles. The summed E-state index contributed by atoms with van der Waals surface area (Å²) in [6.07, 6.45) is 1.50. The zero-order valence-corrected chi connectivity index (χ0v) is 20.1. The van der Waals surface area contributed by atoms with Gasteiger partial charge in [-0.25, -0.2) is 8.42 Å². The molecule has 7 nitrogen and oxygen atoms in total. The molecule has 1 saturated heterocycles. The van der Waals surface area contributed by atoms with Crippen molar-refractivity contribution in [2.75, 3.05) is 40.3 Å². The molecular formula is C18H28F3IN4O3S. The Morgan fingerprint density at radius 1 is 1.27 bits per heavy atom. The van der Waals surface area contributed by atoms with Crippen LogP contribution in [0.5, 0.6) is 5.75 Å². The molecule has 0 spiro atoms. The number of methoxy groups -OCH3 is 1.